The van der Waals surface area contributed by atoms with E-state index in [2.05, 4.69) is 46.9 Å². The van der Waals surface area contributed by atoms with Gasteiger partial charge in [-0.3, -0.25) is 10.1 Å². The number of nitrogens with zero attached hydrogens (tertiary/aromatic N) is 6. The maximum Gasteiger partial charge on any atom is 0.320 e. The number of hydrogen-bond donors (Lipinski definition) is 4. The van der Waals surface area contributed by atoms with Gasteiger partial charge in [0.05, 0.1) is 31.1 Å². The van der Waals surface area contributed by atoms with E-state index in [9.17, 15) is 9.59 Å². The monoisotopic (exact) mass is 426 g/mol. The average Bonchev–Trinajstić information content (AvgIpc) is 3.19. The smallest absolute Gasteiger partial charge is 0.320 e. The lowest BCUT2D eigenvalue weighted by molar-refractivity contribution is 0.0958. The molecule has 0 bridgehead atoms. The van der Waals surface area contributed by atoms with Crippen LogP contribution < -0.4 is 26.0 Å². The second-order valence-electron chi connectivity index (χ2n) is 6.17. The second kappa shape index (κ2) is 9.47. The van der Waals surface area contributed by atoms with Gasteiger partial charge in [0.1, 0.15) is 0 Å². The molecule has 3 rings (SSSR count). The first kappa shape index (κ1) is 21.4. The number of aromatic nitrogens is 6. The Kier molecular flexibility index (Phi) is 6.54. The number of amides is 3. The number of aryl methyl sites for hydroxylation is 1. The van der Waals surface area contributed by atoms with E-state index < -0.39 is 11.9 Å². The zero-order valence-corrected chi connectivity index (χ0v) is 17.4. The lowest BCUT2D eigenvalue weighted by atomic mass is 10.1. The fraction of sp³-hybridized carbons (Fsp3) is 0.278. The SMILES string of the molecule is CCNC(=O)Nc1cc(Nc2cccc(-c3nnn(C)n3)c2OC)c(C(=O)NC)nn1. The number of methoxy groups -OCH3 is 1. The van der Waals surface area contributed by atoms with E-state index >= 15 is 0 Å². The fourth-order valence-electron chi connectivity index (χ4n) is 2.72. The molecule has 3 amide bonds. The predicted molar refractivity (Wildman–Crippen MR) is 112 cm³/mol. The molecule has 0 aliphatic carbocycles. The Morgan fingerprint density at radius 2 is 1.97 bits per heavy atom. The van der Waals surface area contributed by atoms with Crippen molar-refractivity contribution in [2.24, 2.45) is 7.05 Å². The van der Waals surface area contributed by atoms with Crippen LogP contribution in [0.15, 0.2) is 24.3 Å². The van der Waals surface area contributed by atoms with Crippen LogP contribution in [0.4, 0.5) is 22.0 Å². The number of carbonyl (C=O) groups is 2. The summed E-state index contributed by atoms with van der Waals surface area (Å²) >= 11 is 0. The molecule has 0 saturated heterocycles. The van der Waals surface area contributed by atoms with Crippen molar-refractivity contribution in [3.63, 3.8) is 0 Å². The number of ether oxygens (including phenoxy) is 1. The molecule has 2 heterocycles. The number of urea groups is 1. The molecule has 2 aromatic heterocycles. The Balaban J connectivity index is 2.02. The Morgan fingerprint density at radius 1 is 1.16 bits per heavy atom. The van der Waals surface area contributed by atoms with Crippen LogP contribution in [0.25, 0.3) is 11.4 Å². The van der Waals surface area contributed by atoms with Crippen molar-refractivity contribution in [1.29, 1.82) is 0 Å². The summed E-state index contributed by atoms with van der Waals surface area (Å²) in [5.41, 5.74) is 1.47. The number of tetrazole rings is 1. The number of hydrogen-bond acceptors (Lipinski definition) is 9. The van der Waals surface area contributed by atoms with Crippen LogP contribution in [-0.2, 0) is 7.05 Å². The Hall–Kier alpha value is -4.29. The molecule has 0 unspecified atom stereocenters. The summed E-state index contributed by atoms with van der Waals surface area (Å²) in [7, 11) is 4.65. The van der Waals surface area contributed by atoms with Crippen molar-refractivity contribution in [3.05, 3.63) is 30.0 Å². The normalized spacial score (nSPS) is 10.3. The molecule has 0 fully saturated rings. The highest BCUT2D eigenvalue weighted by molar-refractivity contribution is 5.99. The minimum Gasteiger partial charge on any atom is -0.494 e. The van der Waals surface area contributed by atoms with E-state index in [1.807, 2.05) is 0 Å². The third-order valence-corrected chi connectivity index (χ3v) is 4.05. The topological polar surface area (TPSA) is 161 Å². The van der Waals surface area contributed by atoms with Gasteiger partial charge in [0, 0.05) is 19.7 Å². The van der Waals surface area contributed by atoms with Crippen LogP contribution in [-0.4, -0.2) is 63.0 Å². The second-order valence-corrected chi connectivity index (χ2v) is 6.17. The van der Waals surface area contributed by atoms with Crippen LogP contribution in [0.5, 0.6) is 5.75 Å². The molecule has 0 aliphatic rings. The summed E-state index contributed by atoms with van der Waals surface area (Å²) in [6.07, 6.45) is 0. The predicted octanol–water partition coefficient (Wildman–Crippen LogP) is 0.920. The van der Waals surface area contributed by atoms with Gasteiger partial charge in [-0.15, -0.1) is 20.4 Å². The first-order valence-corrected chi connectivity index (χ1v) is 9.29. The van der Waals surface area contributed by atoms with E-state index in [4.69, 9.17) is 4.74 Å². The lowest BCUT2D eigenvalue weighted by Gasteiger charge is -2.16. The first-order valence-electron chi connectivity index (χ1n) is 9.29. The summed E-state index contributed by atoms with van der Waals surface area (Å²) in [5, 5.41) is 30.7. The lowest BCUT2D eigenvalue weighted by Crippen LogP contribution is -2.29. The van der Waals surface area contributed by atoms with Gasteiger partial charge in [0.2, 0.25) is 5.82 Å². The van der Waals surface area contributed by atoms with Crippen molar-refractivity contribution < 1.29 is 14.3 Å². The highest BCUT2D eigenvalue weighted by Crippen LogP contribution is 2.36. The number of nitrogens with one attached hydrogen (secondary N) is 4. The number of carbonyl (C=O) groups excluding carboxylic acids is 2. The minimum absolute atomic E-state index is 0.0361. The highest BCUT2D eigenvalue weighted by atomic mass is 16.5. The molecule has 3 aromatic rings. The Labute approximate surface area is 177 Å². The third-order valence-electron chi connectivity index (χ3n) is 4.05. The maximum atomic E-state index is 12.3. The average molecular weight is 426 g/mol. The number of benzene rings is 1. The Bertz CT molecular complexity index is 1100. The summed E-state index contributed by atoms with van der Waals surface area (Å²) < 4.78 is 5.57. The quantitative estimate of drug-likeness (QED) is 0.430. The van der Waals surface area contributed by atoms with E-state index in [1.54, 1.807) is 32.2 Å². The molecule has 1 aromatic carbocycles. The van der Waals surface area contributed by atoms with Crippen LogP contribution in [0.1, 0.15) is 17.4 Å². The van der Waals surface area contributed by atoms with Gasteiger partial charge >= 0.3 is 6.03 Å². The van der Waals surface area contributed by atoms with E-state index in [-0.39, 0.29) is 11.5 Å². The summed E-state index contributed by atoms with van der Waals surface area (Å²) in [4.78, 5) is 25.5. The number of para-hydroxylation sites is 1. The van der Waals surface area contributed by atoms with Gasteiger partial charge in [0.25, 0.3) is 5.91 Å². The Morgan fingerprint density at radius 3 is 2.61 bits per heavy atom. The first-order chi connectivity index (χ1) is 15.0. The molecule has 0 atom stereocenters. The minimum atomic E-state index is -0.453. The number of anilines is 3. The van der Waals surface area contributed by atoms with Gasteiger partial charge in [-0.1, -0.05) is 6.07 Å². The largest absolute Gasteiger partial charge is 0.494 e. The van der Waals surface area contributed by atoms with Crippen LogP contribution >= 0.6 is 0 Å². The van der Waals surface area contributed by atoms with Crippen LogP contribution in [0.3, 0.4) is 0 Å². The van der Waals surface area contributed by atoms with Crippen LogP contribution in [0, 0.1) is 0 Å². The summed E-state index contributed by atoms with van der Waals surface area (Å²) in [6, 6.07) is 6.37. The van der Waals surface area contributed by atoms with E-state index in [0.29, 0.717) is 35.1 Å². The van der Waals surface area contributed by atoms with Gasteiger partial charge in [-0.2, -0.15) is 4.80 Å². The molecular formula is C18H22N10O3. The van der Waals surface area contributed by atoms with Crippen molar-refractivity contribution in [3.8, 4) is 17.1 Å². The molecule has 0 spiro atoms. The van der Waals surface area contributed by atoms with Gasteiger partial charge < -0.3 is 20.7 Å². The fourth-order valence-corrected chi connectivity index (χ4v) is 2.72. The highest BCUT2D eigenvalue weighted by Gasteiger charge is 2.19. The molecular weight excluding hydrogens is 404 g/mol. The molecule has 4 N–H and O–H groups in total. The van der Waals surface area contributed by atoms with Crippen LogP contribution in [0.2, 0.25) is 0 Å². The molecule has 13 nitrogen and oxygen atoms in total. The van der Waals surface area contributed by atoms with Crippen molar-refractivity contribution >= 4 is 29.1 Å². The molecule has 13 heteroatoms. The third kappa shape index (κ3) is 4.83. The van der Waals surface area contributed by atoms with E-state index in [0.717, 1.165) is 0 Å². The van der Waals surface area contributed by atoms with Crippen molar-refractivity contribution in [1.82, 2.24) is 41.0 Å². The molecule has 0 radical (unpaired) electrons. The molecule has 0 saturated carbocycles. The van der Waals surface area contributed by atoms with Gasteiger partial charge in [0.15, 0.2) is 17.3 Å². The van der Waals surface area contributed by atoms with Crippen molar-refractivity contribution in [2.45, 2.75) is 6.92 Å². The van der Waals surface area contributed by atoms with Gasteiger partial charge in [-0.25, -0.2) is 4.79 Å². The van der Waals surface area contributed by atoms with E-state index in [1.165, 1.54) is 25.0 Å². The summed E-state index contributed by atoms with van der Waals surface area (Å²) in [5.74, 6) is 0.520. The molecule has 0 aliphatic heterocycles. The molecule has 31 heavy (non-hydrogen) atoms. The molecule has 162 valence electrons. The summed E-state index contributed by atoms with van der Waals surface area (Å²) in [6.45, 7) is 2.24. The standard InChI is InChI=1S/C18H22N10O3/c1-5-20-18(30)22-13-9-12(14(24-23-13)17(29)19-2)21-11-8-6-7-10(15(11)31-4)16-25-27-28(3)26-16/h6-9H,5H2,1-4H3,(H,19,29)(H3,20,21,22,23,30). The van der Waals surface area contributed by atoms with Gasteiger partial charge in [-0.05, 0) is 24.3 Å². The zero-order valence-electron chi connectivity index (χ0n) is 17.4. The van der Waals surface area contributed by atoms with Crippen molar-refractivity contribution in [2.75, 3.05) is 31.3 Å². The maximum absolute atomic E-state index is 12.3. The number of rotatable bonds is 7. The zero-order chi connectivity index (χ0) is 22.4.